The molecule has 0 bridgehead atoms. The molecule has 1 fully saturated rings. The zero-order valence-electron chi connectivity index (χ0n) is 16.0. The fourth-order valence-corrected chi connectivity index (χ4v) is 3.36. The van der Waals surface area contributed by atoms with Gasteiger partial charge in [-0.2, -0.15) is 0 Å². The first-order valence-corrected chi connectivity index (χ1v) is 9.36. The van der Waals surface area contributed by atoms with Gasteiger partial charge in [0.25, 0.3) is 0 Å². The molecule has 0 spiro atoms. The molecular weight excluding hydrogens is 412 g/mol. The van der Waals surface area contributed by atoms with Gasteiger partial charge in [-0.15, -0.1) is 0 Å². The highest BCUT2D eigenvalue weighted by Gasteiger charge is 2.44. The van der Waals surface area contributed by atoms with Gasteiger partial charge < -0.3 is 44.8 Å². The Morgan fingerprint density at radius 3 is 2.32 bits per heavy atom. The highest BCUT2D eigenvalue weighted by molar-refractivity contribution is 6.26. The zero-order chi connectivity index (χ0) is 22.3. The second kappa shape index (κ2) is 8.17. The van der Waals surface area contributed by atoms with Crippen LogP contribution in [-0.2, 0) is 9.53 Å². The number of ether oxygens (including phenoxy) is 3. The molecule has 164 valence electrons. The molecule has 2 aromatic carbocycles. The van der Waals surface area contributed by atoms with Gasteiger partial charge >= 0.3 is 5.97 Å². The van der Waals surface area contributed by atoms with E-state index in [1.165, 1.54) is 24.3 Å². The quantitative estimate of drug-likeness (QED) is 0.164. The van der Waals surface area contributed by atoms with Gasteiger partial charge in [-0.1, -0.05) is 12.1 Å². The summed E-state index contributed by atoms with van der Waals surface area (Å²) < 4.78 is 15.9. The van der Waals surface area contributed by atoms with Gasteiger partial charge in [0.2, 0.25) is 6.29 Å². The Kier molecular flexibility index (Phi) is 5.56. The zero-order valence-corrected chi connectivity index (χ0v) is 16.0. The highest BCUT2D eigenvalue weighted by atomic mass is 16.7. The summed E-state index contributed by atoms with van der Waals surface area (Å²) in [7, 11) is 0. The monoisotopic (exact) mass is 432 g/mol. The van der Waals surface area contributed by atoms with Crippen molar-refractivity contribution in [2.45, 2.75) is 30.7 Å². The maximum atomic E-state index is 12.2. The van der Waals surface area contributed by atoms with Crippen LogP contribution in [0.2, 0.25) is 0 Å². The van der Waals surface area contributed by atoms with Crippen molar-refractivity contribution in [3.63, 3.8) is 0 Å². The van der Waals surface area contributed by atoms with Crippen LogP contribution in [0.4, 0.5) is 0 Å². The molecule has 2 aromatic rings. The minimum absolute atomic E-state index is 0.133. The Morgan fingerprint density at radius 2 is 1.65 bits per heavy atom. The van der Waals surface area contributed by atoms with Gasteiger partial charge in [0.15, 0.2) is 11.5 Å². The normalized spacial score (nSPS) is 29.0. The Balaban J connectivity index is 1.52. The van der Waals surface area contributed by atoms with Crippen LogP contribution in [0, 0.1) is 0 Å². The van der Waals surface area contributed by atoms with E-state index in [9.17, 15) is 35.4 Å². The van der Waals surface area contributed by atoms with Crippen molar-refractivity contribution < 1.29 is 49.6 Å². The van der Waals surface area contributed by atoms with E-state index in [1.54, 1.807) is 12.1 Å². The summed E-state index contributed by atoms with van der Waals surface area (Å²) in [6, 6.07) is 8.67. The van der Waals surface area contributed by atoms with Crippen molar-refractivity contribution in [3.8, 4) is 23.0 Å². The first-order valence-electron chi connectivity index (χ1n) is 9.36. The second-order valence-corrected chi connectivity index (χ2v) is 7.17. The topological polar surface area (TPSA) is 166 Å². The van der Waals surface area contributed by atoms with Gasteiger partial charge in [0.1, 0.15) is 35.9 Å². The van der Waals surface area contributed by atoms with Crippen molar-refractivity contribution in [3.05, 3.63) is 47.5 Å². The number of benzene rings is 2. The number of rotatable bonds is 4. The standard InChI is InChI=1S/C21H20O10/c22-8-16-17(25)18(26)19(27)21(31-16)29-10-3-1-9(2-4-10)5-12-11-6-13(23)14(24)7-15(11)30-20(12)28/h1-7,16-19,21-27H,8H2/b12-5+/t16-,17-,18+,19-,21?/m1/s1. The molecule has 0 aliphatic carbocycles. The maximum Gasteiger partial charge on any atom is 0.344 e. The van der Waals surface area contributed by atoms with Gasteiger partial charge in [-0.05, 0) is 29.8 Å². The van der Waals surface area contributed by atoms with Gasteiger partial charge in [0.05, 0.1) is 12.2 Å². The lowest BCUT2D eigenvalue weighted by atomic mass is 9.99. The van der Waals surface area contributed by atoms with Crippen molar-refractivity contribution in [1.82, 2.24) is 0 Å². The van der Waals surface area contributed by atoms with Gasteiger partial charge in [-0.3, -0.25) is 0 Å². The van der Waals surface area contributed by atoms with Crippen molar-refractivity contribution >= 4 is 17.6 Å². The number of aliphatic hydroxyl groups is 4. The van der Waals surface area contributed by atoms with Crippen LogP contribution in [0.3, 0.4) is 0 Å². The number of fused-ring (bicyclic) bond motifs is 1. The minimum atomic E-state index is -1.55. The molecule has 2 aliphatic heterocycles. The fourth-order valence-electron chi connectivity index (χ4n) is 3.36. The van der Waals surface area contributed by atoms with Crippen molar-refractivity contribution in [2.24, 2.45) is 0 Å². The van der Waals surface area contributed by atoms with E-state index < -0.39 is 49.0 Å². The molecule has 2 aliphatic rings. The molecule has 1 unspecified atom stereocenters. The number of phenolic OH excluding ortho intramolecular Hbond substituents is 2. The van der Waals surface area contributed by atoms with Crippen LogP contribution >= 0.6 is 0 Å². The third kappa shape index (κ3) is 3.94. The van der Waals surface area contributed by atoms with Crippen LogP contribution in [0.5, 0.6) is 23.0 Å². The fraction of sp³-hybridized carbons (Fsp3) is 0.286. The first kappa shape index (κ1) is 21.1. The van der Waals surface area contributed by atoms with Crippen LogP contribution in [-0.4, -0.2) is 73.9 Å². The van der Waals surface area contributed by atoms with E-state index in [0.29, 0.717) is 11.1 Å². The molecular formula is C21H20O10. The van der Waals surface area contributed by atoms with Gasteiger partial charge in [-0.25, -0.2) is 4.79 Å². The predicted molar refractivity (Wildman–Crippen MR) is 104 cm³/mol. The third-order valence-corrected chi connectivity index (χ3v) is 5.08. The third-order valence-electron chi connectivity index (χ3n) is 5.08. The maximum absolute atomic E-state index is 12.2. The van der Waals surface area contributed by atoms with Crippen LogP contribution in [0.15, 0.2) is 36.4 Å². The molecule has 0 radical (unpaired) electrons. The molecule has 10 nitrogen and oxygen atoms in total. The second-order valence-electron chi connectivity index (χ2n) is 7.17. The summed E-state index contributed by atoms with van der Waals surface area (Å²) in [5, 5.41) is 58.2. The summed E-state index contributed by atoms with van der Waals surface area (Å²) in [5.74, 6) is -1.02. The van der Waals surface area contributed by atoms with Crippen molar-refractivity contribution in [2.75, 3.05) is 6.61 Å². The van der Waals surface area contributed by atoms with Gasteiger partial charge in [0, 0.05) is 11.6 Å². The van der Waals surface area contributed by atoms with E-state index in [4.69, 9.17) is 14.2 Å². The van der Waals surface area contributed by atoms with Crippen LogP contribution in [0.25, 0.3) is 11.6 Å². The average Bonchev–Trinajstić information content (AvgIpc) is 3.04. The Morgan fingerprint density at radius 1 is 0.968 bits per heavy atom. The Labute approximate surface area is 175 Å². The highest BCUT2D eigenvalue weighted by Crippen LogP contribution is 2.42. The number of carbonyl (C=O) groups is 1. The summed E-state index contributed by atoms with van der Waals surface area (Å²) in [6.45, 7) is -0.567. The molecule has 6 N–H and O–H groups in total. The first-order chi connectivity index (χ1) is 14.8. The number of carbonyl (C=O) groups excluding carboxylic acids is 1. The largest absolute Gasteiger partial charge is 0.504 e. The number of aliphatic hydroxyl groups excluding tert-OH is 4. The summed E-state index contributed by atoms with van der Waals surface area (Å²) in [4.78, 5) is 12.2. The lowest BCUT2D eigenvalue weighted by Gasteiger charge is -2.39. The van der Waals surface area contributed by atoms with Crippen molar-refractivity contribution in [1.29, 1.82) is 0 Å². The number of phenols is 2. The van der Waals surface area contributed by atoms with E-state index >= 15 is 0 Å². The summed E-state index contributed by atoms with van der Waals surface area (Å²) in [6.07, 6.45) is -5.44. The lowest BCUT2D eigenvalue weighted by molar-refractivity contribution is -0.277. The average molecular weight is 432 g/mol. The van der Waals surface area contributed by atoms with E-state index in [-0.39, 0.29) is 22.8 Å². The van der Waals surface area contributed by atoms with E-state index in [2.05, 4.69) is 0 Å². The molecule has 1 saturated heterocycles. The SMILES string of the molecule is O=C1Oc2cc(O)c(O)cc2/C1=C\c1ccc(OC2O[C@H](CO)[C@@H](O)[C@H](O)[C@H]2O)cc1. The number of esters is 1. The minimum Gasteiger partial charge on any atom is -0.504 e. The smallest absolute Gasteiger partial charge is 0.344 e. The lowest BCUT2D eigenvalue weighted by Crippen LogP contribution is -2.60. The van der Waals surface area contributed by atoms with E-state index in [0.717, 1.165) is 6.07 Å². The van der Waals surface area contributed by atoms with Crippen LogP contribution in [0.1, 0.15) is 11.1 Å². The van der Waals surface area contributed by atoms with Crippen LogP contribution < -0.4 is 9.47 Å². The molecule has 10 heteroatoms. The molecule has 5 atom stereocenters. The summed E-state index contributed by atoms with van der Waals surface area (Å²) in [5.41, 5.74) is 1.11. The molecule has 2 heterocycles. The number of hydrogen-bond donors (Lipinski definition) is 6. The number of aromatic hydroxyl groups is 2. The molecule has 0 amide bonds. The molecule has 31 heavy (non-hydrogen) atoms. The Bertz CT molecular complexity index is 1010. The molecule has 0 aromatic heterocycles. The molecule has 0 saturated carbocycles. The Hall–Kier alpha value is -3.15. The van der Waals surface area contributed by atoms with E-state index in [1.807, 2.05) is 0 Å². The number of hydrogen-bond acceptors (Lipinski definition) is 10. The summed E-state index contributed by atoms with van der Waals surface area (Å²) >= 11 is 0. The predicted octanol–water partition coefficient (Wildman–Crippen LogP) is -0.264. The molecule has 4 rings (SSSR count).